The van der Waals surface area contributed by atoms with E-state index in [1.807, 2.05) is 0 Å². The van der Waals surface area contributed by atoms with Crippen LogP contribution in [0.25, 0.3) is 0 Å². The van der Waals surface area contributed by atoms with Crippen LogP contribution in [-0.4, -0.2) is 42.0 Å². The smallest absolute Gasteiger partial charge is 0.373 e. The van der Waals surface area contributed by atoms with Gasteiger partial charge in [-0.05, 0) is 19.1 Å². The number of furan rings is 1. The van der Waals surface area contributed by atoms with Gasteiger partial charge in [0.15, 0.2) is 6.10 Å². The van der Waals surface area contributed by atoms with Crippen LogP contribution in [0.1, 0.15) is 29.3 Å². The molecule has 0 radical (unpaired) electrons. The van der Waals surface area contributed by atoms with E-state index >= 15 is 0 Å². The predicted molar refractivity (Wildman–Crippen MR) is 57.6 cm³/mol. The summed E-state index contributed by atoms with van der Waals surface area (Å²) in [5.41, 5.74) is 0. The number of aliphatic hydroxyl groups excluding tert-OH is 2. The maximum atomic E-state index is 11.2. The van der Waals surface area contributed by atoms with Gasteiger partial charge < -0.3 is 24.1 Å². The van der Waals surface area contributed by atoms with Crippen molar-refractivity contribution < 1.29 is 33.7 Å². The Bertz CT molecular complexity index is 423. The quantitative estimate of drug-likeness (QED) is 0.717. The SMILES string of the molecule is CCOC(=O)C(O)C(O)c1ccc(C(=O)OC)o1. The summed E-state index contributed by atoms with van der Waals surface area (Å²) in [5, 5.41) is 19.1. The summed E-state index contributed by atoms with van der Waals surface area (Å²) >= 11 is 0. The first-order chi connectivity index (χ1) is 8.51. The lowest BCUT2D eigenvalue weighted by molar-refractivity contribution is -0.160. The second-order valence-electron chi connectivity index (χ2n) is 3.34. The molecule has 2 atom stereocenters. The molecular formula is C11H14O7. The Labute approximate surface area is 103 Å². The molecule has 2 unspecified atom stereocenters. The van der Waals surface area contributed by atoms with E-state index in [0.29, 0.717) is 0 Å². The molecule has 100 valence electrons. The number of methoxy groups -OCH3 is 1. The first-order valence-electron chi connectivity index (χ1n) is 5.22. The van der Waals surface area contributed by atoms with Gasteiger partial charge >= 0.3 is 11.9 Å². The minimum absolute atomic E-state index is 0.0776. The molecule has 0 spiro atoms. The van der Waals surface area contributed by atoms with E-state index in [-0.39, 0.29) is 18.1 Å². The number of hydrogen-bond donors (Lipinski definition) is 2. The van der Waals surface area contributed by atoms with Crippen molar-refractivity contribution in [3.05, 3.63) is 23.7 Å². The Hall–Kier alpha value is -1.86. The zero-order valence-corrected chi connectivity index (χ0v) is 9.95. The molecule has 7 nitrogen and oxygen atoms in total. The van der Waals surface area contributed by atoms with Gasteiger partial charge in [-0.25, -0.2) is 9.59 Å². The monoisotopic (exact) mass is 258 g/mol. The van der Waals surface area contributed by atoms with E-state index in [1.165, 1.54) is 19.2 Å². The van der Waals surface area contributed by atoms with Crippen molar-refractivity contribution >= 4 is 11.9 Å². The van der Waals surface area contributed by atoms with Crippen molar-refractivity contribution in [1.82, 2.24) is 0 Å². The maximum absolute atomic E-state index is 11.2. The van der Waals surface area contributed by atoms with Crippen molar-refractivity contribution in [3.63, 3.8) is 0 Å². The van der Waals surface area contributed by atoms with Crippen molar-refractivity contribution in [2.75, 3.05) is 13.7 Å². The minimum Gasteiger partial charge on any atom is -0.464 e. The number of esters is 2. The largest absolute Gasteiger partial charge is 0.464 e. The first-order valence-corrected chi connectivity index (χ1v) is 5.22. The molecule has 0 aliphatic rings. The summed E-state index contributed by atoms with van der Waals surface area (Å²) in [6.45, 7) is 1.65. The van der Waals surface area contributed by atoms with Crippen LogP contribution in [0.5, 0.6) is 0 Å². The third kappa shape index (κ3) is 3.08. The lowest BCUT2D eigenvalue weighted by Crippen LogP contribution is -2.29. The fourth-order valence-electron chi connectivity index (χ4n) is 1.23. The summed E-state index contributed by atoms with van der Waals surface area (Å²) in [4.78, 5) is 22.3. The number of hydrogen-bond acceptors (Lipinski definition) is 7. The summed E-state index contributed by atoms with van der Waals surface area (Å²) in [6.07, 6.45) is -3.39. The van der Waals surface area contributed by atoms with Crippen LogP contribution in [0.15, 0.2) is 16.5 Å². The third-order valence-corrected chi connectivity index (χ3v) is 2.13. The molecule has 0 aliphatic heterocycles. The summed E-state index contributed by atoms with van der Waals surface area (Å²) < 4.78 is 13.9. The molecule has 0 aromatic carbocycles. The van der Waals surface area contributed by atoms with Crippen LogP contribution in [0, 0.1) is 0 Å². The highest BCUT2D eigenvalue weighted by atomic mass is 16.6. The molecule has 1 heterocycles. The standard InChI is InChI=1S/C11H14O7/c1-3-17-11(15)9(13)8(12)6-4-5-7(18-6)10(14)16-2/h4-5,8-9,12-13H,3H2,1-2H3. The second kappa shape index (κ2) is 6.18. The van der Waals surface area contributed by atoms with E-state index in [2.05, 4.69) is 9.47 Å². The molecule has 1 aromatic heterocycles. The molecule has 0 aliphatic carbocycles. The van der Waals surface area contributed by atoms with E-state index in [0.717, 1.165) is 0 Å². The molecule has 7 heteroatoms. The molecule has 0 bridgehead atoms. The fourth-order valence-corrected chi connectivity index (χ4v) is 1.23. The summed E-state index contributed by atoms with van der Waals surface area (Å²) in [7, 11) is 1.18. The van der Waals surface area contributed by atoms with Gasteiger partial charge in [0.25, 0.3) is 0 Å². The second-order valence-corrected chi connectivity index (χ2v) is 3.34. The molecule has 1 rings (SSSR count). The number of ether oxygens (including phenoxy) is 2. The van der Waals surface area contributed by atoms with Crippen LogP contribution in [0.3, 0.4) is 0 Å². The molecule has 0 saturated carbocycles. The summed E-state index contributed by atoms with van der Waals surface area (Å²) in [5.74, 6) is -1.96. The first kappa shape index (κ1) is 14.2. The Morgan fingerprint density at radius 1 is 1.39 bits per heavy atom. The number of rotatable bonds is 5. The zero-order chi connectivity index (χ0) is 13.7. The van der Waals surface area contributed by atoms with Crippen LogP contribution in [-0.2, 0) is 14.3 Å². The highest BCUT2D eigenvalue weighted by Gasteiger charge is 2.30. The normalized spacial score (nSPS) is 13.8. The lowest BCUT2D eigenvalue weighted by atomic mass is 10.1. The van der Waals surface area contributed by atoms with Gasteiger partial charge in [-0.1, -0.05) is 0 Å². The van der Waals surface area contributed by atoms with E-state index in [4.69, 9.17) is 4.42 Å². The van der Waals surface area contributed by atoms with Gasteiger partial charge in [-0.2, -0.15) is 0 Å². The van der Waals surface area contributed by atoms with Crippen molar-refractivity contribution in [2.45, 2.75) is 19.1 Å². The van der Waals surface area contributed by atoms with Gasteiger partial charge in [-0.3, -0.25) is 0 Å². The van der Waals surface area contributed by atoms with E-state index in [9.17, 15) is 19.8 Å². The highest BCUT2D eigenvalue weighted by Crippen LogP contribution is 2.21. The van der Waals surface area contributed by atoms with Gasteiger partial charge in [0.1, 0.15) is 11.9 Å². The topological polar surface area (TPSA) is 106 Å². The third-order valence-electron chi connectivity index (χ3n) is 2.13. The van der Waals surface area contributed by atoms with E-state index in [1.54, 1.807) is 6.92 Å². The molecule has 1 aromatic rings. The van der Waals surface area contributed by atoms with Crippen LogP contribution >= 0.6 is 0 Å². The average Bonchev–Trinajstić information content (AvgIpc) is 2.85. The Balaban J connectivity index is 2.77. The van der Waals surface area contributed by atoms with Gasteiger partial charge in [0, 0.05) is 0 Å². The molecule has 0 fully saturated rings. The molecule has 0 saturated heterocycles. The molecular weight excluding hydrogens is 244 g/mol. The highest BCUT2D eigenvalue weighted by molar-refractivity contribution is 5.86. The predicted octanol–water partition coefficient (Wildman–Crippen LogP) is 0.0236. The number of aliphatic hydroxyl groups is 2. The number of carbonyl (C=O) groups is 2. The fraction of sp³-hybridized carbons (Fsp3) is 0.455. The lowest BCUT2D eigenvalue weighted by Gasteiger charge is -2.13. The van der Waals surface area contributed by atoms with Crippen LogP contribution in [0.2, 0.25) is 0 Å². The molecule has 18 heavy (non-hydrogen) atoms. The Morgan fingerprint density at radius 3 is 2.61 bits per heavy atom. The van der Waals surface area contributed by atoms with Crippen molar-refractivity contribution in [2.24, 2.45) is 0 Å². The van der Waals surface area contributed by atoms with Gasteiger partial charge in [0.2, 0.25) is 5.76 Å². The average molecular weight is 258 g/mol. The minimum atomic E-state index is -1.78. The number of carbonyl (C=O) groups excluding carboxylic acids is 2. The van der Waals surface area contributed by atoms with Gasteiger partial charge in [0.05, 0.1) is 13.7 Å². The van der Waals surface area contributed by atoms with Crippen molar-refractivity contribution in [1.29, 1.82) is 0 Å². The van der Waals surface area contributed by atoms with E-state index < -0.39 is 24.1 Å². The van der Waals surface area contributed by atoms with Gasteiger partial charge in [-0.15, -0.1) is 0 Å². The maximum Gasteiger partial charge on any atom is 0.373 e. The summed E-state index contributed by atoms with van der Waals surface area (Å²) in [6, 6.07) is 2.53. The Kier molecular flexibility index (Phi) is 4.87. The van der Waals surface area contributed by atoms with Crippen LogP contribution in [0.4, 0.5) is 0 Å². The zero-order valence-electron chi connectivity index (χ0n) is 9.95. The molecule has 2 N–H and O–H groups in total. The van der Waals surface area contributed by atoms with Crippen molar-refractivity contribution in [3.8, 4) is 0 Å². The Morgan fingerprint density at radius 2 is 2.06 bits per heavy atom. The van der Waals surface area contributed by atoms with Crippen LogP contribution < -0.4 is 0 Å². The molecule has 0 amide bonds.